The zero-order valence-corrected chi connectivity index (χ0v) is 7.45. The first-order valence-electron chi connectivity index (χ1n) is 4.12. The molecule has 15 heavy (non-hydrogen) atoms. The van der Waals surface area contributed by atoms with Gasteiger partial charge in [-0.05, 0) is 6.08 Å². The van der Waals surface area contributed by atoms with Gasteiger partial charge < -0.3 is 5.32 Å². The molecule has 1 N–H and O–H groups in total. The van der Waals surface area contributed by atoms with Gasteiger partial charge in [0.2, 0.25) is 6.41 Å². The molecule has 1 atom stereocenters. The van der Waals surface area contributed by atoms with Crippen molar-refractivity contribution in [3.05, 3.63) is 34.0 Å². The van der Waals surface area contributed by atoms with E-state index in [0.717, 1.165) is 0 Å². The van der Waals surface area contributed by atoms with E-state index in [-0.39, 0.29) is 5.70 Å². The summed E-state index contributed by atoms with van der Waals surface area (Å²) in [6.45, 7) is 0. The van der Waals surface area contributed by atoms with E-state index in [1.165, 1.54) is 18.2 Å². The molecule has 0 aromatic rings. The standard InChI is InChI=1S/C8H6N4O3/c13-4-9-8-6-3-5(12(14)15)1-2-7(6)10-11-8/h1-4,6H,(H,9,11,13). The van der Waals surface area contributed by atoms with Crippen LogP contribution in [0, 0.1) is 16.0 Å². The first kappa shape index (κ1) is 9.25. The summed E-state index contributed by atoms with van der Waals surface area (Å²) in [5, 5.41) is 20.4. The van der Waals surface area contributed by atoms with E-state index in [1.807, 2.05) is 0 Å². The summed E-state index contributed by atoms with van der Waals surface area (Å²) in [5.74, 6) is -0.107. The molecule has 0 saturated carbocycles. The maximum atomic E-state index is 10.5. The third-order valence-electron chi connectivity index (χ3n) is 2.07. The first-order valence-corrected chi connectivity index (χ1v) is 4.12. The number of fused-ring (bicyclic) bond motifs is 1. The lowest BCUT2D eigenvalue weighted by atomic mass is 9.96. The van der Waals surface area contributed by atoms with Gasteiger partial charge in [-0.25, -0.2) is 0 Å². The third kappa shape index (κ3) is 1.54. The van der Waals surface area contributed by atoms with Gasteiger partial charge in [-0.2, -0.15) is 5.10 Å². The van der Waals surface area contributed by atoms with Crippen LogP contribution in [0.5, 0.6) is 0 Å². The molecule has 0 aromatic heterocycles. The Morgan fingerprint density at radius 3 is 2.93 bits per heavy atom. The lowest BCUT2D eigenvalue weighted by Crippen LogP contribution is -2.31. The summed E-state index contributed by atoms with van der Waals surface area (Å²) in [7, 11) is 0. The van der Waals surface area contributed by atoms with E-state index in [2.05, 4.69) is 15.5 Å². The average Bonchev–Trinajstić information content (AvgIpc) is 2.61. The maximum Gasteiger partial charge on any atom is 0.266 e. The molecule has 1 aliphatic heterocycles. The minimum atomic E-state index is -0.496. The third-order valence-corrected chi connectivity index (χ3v) is 2.07. The van der Waals surface area contributed by atoms with Crippen LogP contribution in [0.15, 0.2) is 34.1 Å². The van der Waals surface area contributed by atoms with Crippen molar-refractivity contribution < 1.29 is 9.72 Å². The van der Waals surface area contributed by atoms with Crippen molar-refractivity contribution in [3.8, 4) is 0 Å². The monoisotopic (exact) mass is 206 g/mol. The molecule has 0 bridgehead atoms. The maximum absolute atomic E-state index is 10.5. The molecule has 0 aromatic carbocycles. The van der Waals surface area contributed by atoms with E-state index in [4.69, 9.17) is 0 Å². The fourth-order valence-corrected chi connectivity index (χ4v) is 1.38. The summed E-state index contributed by atoms with van der Waals surface area (Å²) >= 11 is 0. The summed E-state index contributed by atoms with van der Waals surface area (Å²) in [6, 6.07) is 0. The second-order valence-corrected chi connectivity index (χ2v) is 2.93. The number of carbonyl (C=O) groups is 1. The van der Waals surface area contributed by atoms with Crippen LogP contribution in [0.2, 0.25) is 0 Å². The number of rotatable bonds is 2. The van der Waals surface area contributed by atoms with E-state index in [0.29, 0.717) is 18.0 Å². The molecule has 2 aliphatic rings. The van der Waals surface area contributed by atoms with Crippen LogP contribution in [0.3, 0.4) is 0 Å². The molecule has 0 fully saturated rings. The molecule has 7 nitrogen and oxygen atoms in total. The summed E-state index contributed by atoms with van der Waals surface area (Å²) in [4.78, 5) is 20.3. The Kier molecular flexibility index (Phi) is 2.13. The largest absolute Gasteiger partial charge is 0.314 e. The number of carbonyl (C=O) groups excluding carboxylic acids is 1. The summed E-state index contributed by atoms with van der Waals surface area (Å²) in [5.41, 5.74) is 0.561. The predicted octanol–water partition coefficient (Wildman–Crippen LogP) is -0.153. The van der Waals surface area contributed by atoms with Crippen LogP contribution in [0.4, 0.5) is 0 Å². The molecule has 7 heteroatoms. The molecule has 2 rings (SSSR count). The van der Waals surface area contributed by atoms with E-state index >= 15 is 0 Å². The van der Waals surface area contributed by atoms with E-state index in [9.17, 15) is 14.9 Å². The van der Waals surface area contributed by atoms with Crippen molar-refractivity contribution in [1.29, 1.82) is 0 Å². The Bertz CT molecular complexity index is 447. The van der Waals surface area contributed by atoms with Crippen molar-refractivity contribution in [2.45, 2.75) is 0 Å². The predicted molar refractivity (Wildman–Crippen MR) is 51.8 cm³/mol. The molecule has 0 spiro atoms. The van der Waals surface area contributed by atoms with Crippen molar-refractivity contribution in [3.63, 3.8) is 0 Å². The Hall–Kier alpha value is -2.31. The number of hydrogen-bond donors (Lipinski definition) is 1. The van der Waals surface area contributed by atoms with Gasteiger partial charge in [-0.15, -0.1) is 5.10 Å². The second kappa shape index (κ2) is 3.45. The van der Waals surface area contributed by atoms with Crippen molar-refractivity contribution >= 4 is 18.0 Å². The van der Waals surface area contributed by atoms with Gasteiger partial charge in [0, 0.05) is 12.2 Å². The highest BCUT2D eigenvalue weighted by Crippen LogP contribution is 2.20. The van der Waals surface area contributed by atoms with Crippen LogP contribution in [0.1, 0.15) is 0 Å². The molecule has 0 saturated heterocycles. The quantitative estimate of drug-likeness (QED) is 0.386. The molecular weight excluding hydrogens is 200 g/mol. The van der Waals surface area contributed by atoms with E-state index < -0.39 is 10.8 Å². The lowest BCUT2D eigenvalue weighted by molar-refractivity contribution is -0.419. The lowest BCUT2D eigenvalue weighted by Gasteiger charge is -2.10. The van der Waals surface area contributed by atoms with Gasteiger partial charge in [0.1, 0.15) is 5.84 Å². The fourth-order valence-electron chi connectivity index (χ4n) is 1.38. The highest BCUT2D eigenvalue weighted by molar-refractivity contribution is 6.18. The van der Waals surface area contributed by atoms with Crippen LogP contribution in [0.25, 0.3) is 0 Å². The molecule has 76 valence electrons. The zero-order chi connectivity index (χ0) is 10.8. The number of amidine groups is 1. The smallest absolute Gasteiger partial charge is 0.266 e. The van der Waals surface area contributed by atoms with Gasteiger partial charge in [0.15, 0.2) is 0 Å². The van der Waals surface area contributed by atoms with Crippen molar-refractivity contribution in [2.75, 3.05) is 0 Å². The average molecular weight is 206 g/mol. The molecule has 0 radical (unpaired) electrons. The number of allylic oxidation sites excluding steroid dienone is 2. The van der Waals surface area contributed by atoms with Crippen LogP contribution in [-0.4, -0.2) is 22.9 Å². The van der Waals surface area contributed by atoms with Crippen LogP contribution >= 0.6 is 0 Å². The fraction of sp³-hybridized carbons (Fsp3) is 0.125. The van der Waals surface area contributed by atoms with Gasteiger partial charge in [0.05, 0.1) is 16.6 Å². The van der Waals surface area contributed by atoms with Crippen molar-refractivity contribution in [1.82, 2.24) is 5.32 Å². The van der Waals surface area contributed by atoms with Crippen LogP contribution in [-0.2, 0) is 4.79 Å². The molecule has 1 unspecified atom stereocenters. The molecule has 1 heterocycles. The minimum absolute atomic E-state index is 0.0266. The Labute approximate surface area is 84.0 Å². The number of nitrogens with zero attached hydrogens (tertiary/aromatic N) is 3. The second-order valence-electron chi connectivity index (χ2n) is 2.93. The Morgan fingerprint density at radius 2 is 2.27 bits per heavy atom. The van der Waals surface area contributed by atoms with Crippen LogP contribution < -0.4 is 5.32 Å². The number of amides is 1. The first-order chi connectivity index (χ1) is 7.22. The topological polar surface area (TPSA) is 97.0 Å². The minimum Gasteiger partial charge on any atom is -0.314 e. The Balaban J connectivity index is 2.28. The molecule has 1 amide bonds. The number of hydrogen-bond acceptors (Lipinski definition) is 5. The summed E-state index contributed by atoms with van der Waals surface area (Å²) in [6.07, 6.45) is 4.75. The summed E-state index contributed by atoms with van der Waals surface area (Å²) < 4.78 is 0. The SMILES string of the molecule is O=CNC1=NN=C2C=CC([N+](=O)[O-])=CC21. The van der Waals surface area contributed by atoms with E-state index in [1.54, 1.807) is 0 Å². The normalized spacial score (nSPS) is 22.4. The van der Waals surface area contributed by atoms with Crippen molar-refractivity contribution in [2.24, 2.45) is 16.1 Å². The van der Waals surface area contributed by atoms with Gasteiger partial charge in [-0.3, -0.25) is 14.9 Å². The highest BCUT2D eigenvalue weighted by Gasteiger charge is 2.29. The number of nitrogens with one attached hydrogen (secondary N) is 1. The Morgan fingerprint density at radius 1 is 1.47 bits per heavy atom. The van der Waals surface area contributed by atoms with Gasteiger partial charge >= 0.3 is 0 Å². The zero-order valence-electron chi connectivity index (χ0n) is 7.45. The number of nitro groups is 1. The van der Waals surface area contributed by atoms with Gasteiger partial charge in [-0.1, -0.05) is 0 Å². The molecule has 1 aliphatic carbocycles. The molecular formula is C8H6N4O3. The van der Waals surface area contributed by atoms with Gasteiger partial charge in [0.25, 0.3) is 5.70 Å². The highest BCUT2D eigenvalue weighted by atomic mass is 16.6.